The quantitative estimate of drug-likeness (QED) is 0.267. The molecule has 7 heterocycles. The lowest BCUT2D eigenvalue weighted by atomic mass is 9.73. The van der Waals surface area contributed by atoms with Gasteiger partial charge in [-0.25, -0.2) is 9.97 Å². The van der Waals surface area contributed by atoms with Gasteiger partial charge in [-0.05, 0) is 24.5 Å². The summed E-state index contributed by atoms with van der Waals surface area (Å²) in [6, 6.07) is 14.1. The number of likely N-dealkylation sites (tertiary alicyclic amines) is 3. The predicted octanol–water partition coefficient (Wildman–Crippen LogP) is 4.91. The number of pyridine rings is 1. The van der Waals surface area contributed by atoms with E-state index in [1.54, 1.807) is 27.3 Å². The Kier molecular flexibility index (Phi) is 8.13. The number of nitrogens with one attached hydrogen (secondary N) is 1. The van der Waals surface area contributed by atoms with Crippen molar-refractivity contribution in [2.45, 2.75) is 44.8 Å². The van der Waals surface area contributed by atoms with Gasteiger partial charge in [-0.3, -0.25) is 24.4 Å². The molecule has 5 aliphatic heterocycles. The number of carbonyl (C=O) groups excluding carboxylic acids is 2. The molecule has 2 amide bonds. The number of hydrogen-bond donors (Lipinski definition) is 1. The molecule has 13 heteroatoms. The summed E-state index contributed by atoms with van der Waals surface area (Å²) in [5.74, 6) is 2.07. The van der Waals surface area contributed by atoms with Crippen LogP contribution in [-0.2, 0) is 16.1 Å². The summed E-state index contributed by atoms with van der Waals surface area (Å²) < 4.78 is 17.9. The molecule has 9 rings (SSSR count). The summed E-state index contributed by atoms with van der Waals surface area (Å²) >= 11 is 7.20. The van der Waals surface area contributed by atoms with Gasteiger partial charge in [0, 0.05) is 87.3 Å². The maximum absolute atomic E-state index is 11.9. The third-order valence-electron chi connectivity index (χ3n) is 11.8. The fraction of sp³-hybridized carbons (Fsp3) is 0.425. The van der Waals surface area contributed by atoms with Crippen LogP contribution in [0.2, 0.25) is 5.02 Å². The summed E-state index contributed by atoms with van der Waals surface area (Å²) in [5, 5.41) is 3.74. The third kappa shape index (κ3) is 5.69. The van der Waals surface area contributed by atoms with Gasteiger partial charge in [0.15, 0.2) is 0 Å². The molecule has 1 atom stereocenters. The number of carbonyl (C=O) groups is 2. The van der Waals surface area contributed by atoms with E-state index in [1.165, 1.54) is 0 Å². The molecule has 0 saturated carbocycles. The van der Waals surface area contributed by atoms with Gasteiger partial charge in [0.2, 0.25) is 23.6 Å². The lowest BCUT2D eigenvalue weighted by Gasteiger charge is -2.60. The monoisotopic (exact) mass is 735 g/mol. The summed E-state index contributed by atoms with van der Waals surface area (Å²) in [6.45, 7) is 9.95. The number of halogens is 1. The number of fused-ring (bicyclic) bond motifs is 1. The van der Waals surface area contributed by atoms with Crippen molar-refractivity contribution < 1.29 is 23.8 Å². The normalized spacial score (nSPS) is 21.0. The van der Waals surface area contributed by atoms with Crippen molar-refractivity contribution in [3.63, 3.8) is 0 Å². The van der Waals surface area contributed by atoms with Gasteiger partial charge < -0.3 is 24.4 Å². The molecular formula is C40H42ClN7O5. The predicted molar refractivity (Wildman–Crippen MR) is 199 cm³/mol. The highest BCUT2D eigenvalue weighted by atomic mass is 35.5. The zero-order valence-electron chi connectivity index (χ0n) is 30.4. The SMILES string of the molecule is COc1nc(-c2cccc(-c3cccc(-c4cc5c(c(OC)n4)C(N4CC6(CCC(=O)N6)C4)CO5)c3C)c2Cl)cnc1CN1CC2(C1)CN(C(C)=O)C2. The molecule has 2 aromatic carbocycles. The van der Waals surface area contributed by atoms with Crippen molar-refractivity contribution in [3.05, 3.63) is 70.5 Å². The second-order valence-corrected chi connectivity index (χ2v) is 15.7. The number of ether oxygens (including phenoxy) is 3. The standard InChI is InChI=1S/C40H42ClN7O5/c1-23-25(7-5-8-26(23)29-13-33-35(38(43-29)52-4)32(16-53-33)48-21-40(22-48)12-11-34(50)45-40)27-9-6-10-28(36(27)41)30-14-42-31(37(44-30)51-3)15-46-17-39(18-46)19-47(20-39)24(2)49/h5-10,13-14,32H,11-12,15-22H2,1-4H3,(H,45,50). The van der Waals surface area contributed by atoms with Crippen molar-refractivity contribution in [2.75, 3.05) is 60.1 Å². The Morgan fingerprint density at radius 1 is 0.962 bits per heavy atom. The van der Waals surface area contributed by atoms with Crippen LogP contribution >= 0.6 is 11.6 Å². The smallest absolute Gasteiger partial charge is 0.237 e. The van der Waals surface area contributed by atoms with Crippen molar-refractivity contribution >= 4 is 23.4 Å². The first-order chi connectivity index (χ1) is 25.6. The molecule has 1 N–H and O–H groups in total. The summed E-state index contributed by atoms with van der Waals surface area (Å²) in [5.41, 5.74) is 7.77. The average molecular weight is 736 g/mol. The zero-order chi connectivity index (χ0) is 36.6. The molecule has 4 fully saturated rings. The molecule has 1 unspecified atom stereocenters. The third-order valence-corrected chi connectivity index (χ3v) is 12.2. The molecule has 2 spiro atoms. The summed E-state index contributed by atoms with van der Waals surface area (Å²) in [6.07, 6.45) is 3.23. The number of amides is 2. The van der Waals surface area contributed by atoms with Crippen molar-refractivity contribution in [3.8, 4) is 51.2 Å². The van der Waals surface area contributed by atoms with Gasteiger partial charge in [0.25, 0.3) is 0 Å². The van der Waals surface area contributed by atoms with Gasteiger partial charge in [0.1, 0.15) is 18.1 Å². The minimum absolute atomic E-state index is 0.0182. The van der Waals surface area contributed by atoms with Crippen LogP contribution in [0.15, 0.2) is 48.7 Å². The van der Waals surface area contributed by atoms with Gasteiger partial charge in [-0.15, -0.1) is 0 Å². The molecule has 274 valence electrons. The lowest BCUT2D eigenvalue weighted by Crippen LogP contribution is -2.72. The minimum atomic E-state index is -0.117. The van der Waals surface area contributed by atoms with Crippen LogP contribution in [0.4, 0.5) is 0 Å². The average Bonchev–Trinajstić information content (AvgIpc) is 3.71. The van der Waals surface area contributed by atoms with Crippen LogP contribution in [0.3, 0.4) is 0 Å². The molecule has 12 nitrogen and oxygen atoms in total. The van der Waals surface area contributed by atoms with Crippen LogP contribution in [0.1, 0.15) is 42.6 Å². The molecule has 5 aliphatic rings. The maximum atomic E-state index is 11.9. The van der Waals surface area contributed by atoms with Gasteiger partial charge in [-0.2, -0.15) is 0 Å². The highest BCUT2D eigenvalue weighted by molar-refractivity contribution is 6.36. The molecular weight excluding hydrogens is 694 g/mol. The van der Waals surface area contributed by atoms with E-state index < -0.39 is 0 Å². The summed E-state index contributed by atoms with van der Waals surface area (Å²) in [4.78, 5) is 44.8. The summed E-state index contributed by atoms with van der Waals surface area (Å²) in [7, 11) is 3.26. The molecule has 4 saturated heterocycles. The topological polar surface area (TPSA) is 122 Å². The van der Waals surface area contributed by atoms with Crippen molar-refractivity contribution in [1.29, 1.82) is 0 Å². The Morgan fingerprint density at radius 2 is 1.66 bits per heavy atom. The first-order valence-electron chi connectivity index (χ1n) is 18.1. The first kappa shape index (κ1) is 34.0. The zero-order valence-corrected chi connectivity index (χ0v) is 31.1. The minimum Gasteiger partial charge on any atom is -0.491 e. The van der Waals surface area contributed by atoms with Gasteiger partial charge >= 0.3 is 0 Å². The van der Waals surface area contributed by atoms with Crippen LogP contribution in [-0.4, -0.2) is 107 Å². The maximum Gasteiger partial charge on any atom is 0.237 e. The number of aromatic nitrogens is 3. The highest BCUT2D eigenvalue weighted by Gasteiger charge is 2.53. The first-order valence-corrected chi connectivity index (χ1v) is 18.5. The van der Waals surface area contributed by atoms with Gasteiger partial charge in [-0.1, -0.05) is 48.0 Å². The molecule has 53 heavy (non-hydrogen) atoms. The number of nitrogens with zero attached hydrogens (tertiary/aromatic N) is 6. The second kappa shape index (κ2) is 12.7. The van der Waals surface area contributed by atoms with E-state index in [0.29, 0.717) is 42.0 Å². The van der Waals surface area contributed by atoms with Gasteiger partial charge in [0.05, 0.1) is 54.0 Å². The number of methoxy groups -OCH3 is 2. The fourth-order valence-electron chi connectivity index (χ4n) is 9.08. The Labute approximate surface area is 313 Å². The Bertz CT molecular complexity index is 2160. The molecule has 2 aromatic heterocycles. The number of rotatable bonds is 8. The van der Waals surface area contributed by atoms with E-state index >= 15 is 0 Å². The second-order valence-electron chi connectivity index (χ2n) is 15.4. The van der Waals surface area contributed by atoms with E-state index in [1.807, 2.05) is 35.2 Å². The molecule has 4 aromatic rings. The molecule has 0 aliphatic carbocycles. The molecule has 0 radical (unpaired) electrons. The van der Waals surface area contributed by atoms with E-state index in [4.69, 9.17) is 40.8 Å². The van der Waals surface area contributed by atoms with E-state index in [-0.39, 0.29) is 28.8 Å². The lowest BCUT2D eigenvalue weighted by molar-refractivity contribution is -0.157. The van der Waals surface area contributed by atoms with E-state index in [2.05, 4.69) is 34.2 Å². The van der Waals surface area contributed by atoms with E-state index in [9.17, 15) is 9.59 Å². The molecule has 0 bridgehead atoms. The Balaban J connectivity index is 0.956. The van der Waals surface area contributed by atoms with Crippen molar-refractivity contribution in [2.24, 2.45) is 5.41 Å². The van der Waals surface area contributed by atoms with E-state index in [0.717, 1.165) is 96.2 Å². The number of hydrogen-bond acceptors (Lipinski definition) is 10. The number of benzene rings is 2. The Hall–Kier alpha value is -4.78. The Morgan fingerprint density at radius 3 is 2.36 bits per heavy atom. The van der Waals surface area contributed by atoms with Crippen LogP contribution in [0.5, 0.6) is 17.5 Å². The fourth-order valence-corrected chi connectivity index (χ4v) is 9.41. The van der Waals surface area contributed by atoms with Crippen LogP contribution in [0, 0.1) is 12.3 Å². The van der Waals surface area contributed by atoms with Crippen molar-refractivity contribution in [1.82, 2.24) is 35.0 Å². The largest absolute Gasteiger partial charge is 0.491 e. The van der Waals surface area contributed by atoms with Crippen LogP contribution in [0.25, 0.3) is 33.6 Å². The highest BCUT2D eigenvalue weighted by Crippen LogP contribution is 2.48. The van der Waals surface area contributed by atoms with Crippen LogP contribution < -0.4 is 19.5 Å².